The quantitative estimate of drug-likeness (QED) is 0.728. The first-order valence-electron chi connectivity index (χ1n) is 5.32. The van der Waals surface area contributed by atoms with E-state index in [2.05, 4.69) is 6.07 Å². The van der Waals surface area contributed by atoms with Gasteiger partial charge in [0.05, 0.1) is 23.2 Å². The first-order valence-corrected chi connectivity index (χ1v) is 5.32. The van der Waals surface area contributed by atoms with E-state index >= 15 is 0 Å². The van der Waals surface area contributed by atoms with Crippen molar-refractivity contribution in [2.45, 2.75) is 50.2 Å². The highest BCUT2D eigenvalue weighted by atomic mass is 16.5. The maximum absolute atomic E-state index is 10.4. The lowest BCUT2D eigenvalue weighted by molar-refractivity contribution is -0.178. The smallest absolute Gasteiger partial charge is 0.0882 e. The summed E-state index contributed by atoms with van der Waals surface area (Å²) in [6, 6.07) is 2.36. The zero-order valence-electron chi connectivity index (χ0n) is 8.62. The second-order valence-corrected chi connectivity index (χ2v) is 4.70. The minimum Gasteiger partial charge on any atom is -0.388 e. The minimum atomic E-state index is -0.765. The molecule has 3 heteroatoms. The highest BCUT2D eigenvalue weighted by molar-refractivity contribution is 5.18. The van der Waals surface area contributed by atoms with E-state index in [1.54, 1.807) is 7.11 Å². The Morgan fingerprint density at radius 1 is 1.36 bits per heavy atom. The van der Waals surface area contributed by atoms with E-state index in [1.165, 1.54) is 0 Å². The number of hydrogen-bond acceptors (Lipinski definition) is 3. The molecule has 2 fully saturated rings. The van der Waals surface area contributed by atoms with Crippen molar-refractivity contribution in [3.8, 4) is 6.07 Å². The fourth-order valence-electron chi connectivity index (χ4n) is 2.91. The third-order valence-corrected chi connectivity index (χ3v) is 4.03. The summed E-state index contributed by atoms with van der Waals surface area (Å²) in [5, 5.41) is 19.6. The highest BCUT2D eigenvalue weighted by Crippen LogP contribution is 2.55. The van der Waals surface area contributed by atoms with Crippen LogP contribution in [0.15, 0.2) is 0 Å². The molecule has 0 atom stereocenters. The van der Waals surface area contributed by atoms with Crippen LogP contribution in [0.3, 0.4) is 0 Å². The standard InChI is InChI=1S/C11H17NO2/c1-14-9-6-11(13,7-9)10(8-12)4-2-3-5-10/h9,13H,2-7H2,1H3. The van der Waals surface area contributed by atoms with Crippen LogP contribution < -0.4 is 0 Å². The largest absolute Gasteiger partial charge is 0.388 e. The van der Waals surface area contributed by atoms with E-state index in [9.17, 15) is 10.4 Å². The van der Waals surface area contributed by atoms with Gasteiger partial charge in [-0.2, -0.15) is 5.26 Å². The fourth-order valence-corrected chi connectivity index (χ4v) is 2.91. The third kappa shape index (κ3) is 1.18. The molecule has 2 aliphatic carbocycles. The lowest BCUT2D eigenvalue weighted by Crippen LogP contribution is -2.58. The van der Waals surface area contributed by atoms with Crippen LogP contribution in [0.4, 0.5) is 0 Å². The van der Waals surface area contributed by atoms with Crippen molar-refractivity contribution < 1.29 is 9.84 Å². The normalized spacial score (nSPS) is 40.2. The van der Waals surface area contributed by atoms with Gasteiger partial charge >= 0.3 is 0 Å². The summed E-state index contributed by atoms with van der Waals surface area (Å²) < 4.78 is 5.16. The molecule has 0 heterocycles. The van der Waals surface area contributed by atoms with Gasteiger partial charge in [-0.05, 0) is 12.8 Å². The number of aliphatic hydroxyl groups is 1. The molecule has 0 saturated heterocycles. The van der Waals surface area contributed by atoms with Crippen LogP contribution in [-0.4, -0.2) is 23.9 Å². The van der Waals surface area contributed by atoms with Gasteiger partial charge in [0.25, 0.3) is 0 Å². The summed E-state index contributed by atoms with van der Waals surface area (Å²) in [6.07, 6.45) is 5.30. The predicted molar refractivity (Wildman–Crippen MR) is 51.5 cm³/mol. The maximum atomic E-state index is 10.4. The molecule has 2 rings (SSSR count). The van der Waals surface area contributed by atoms with Crippen LogP contribution in [0, 0.1) is 16.7 Å². The molecule has 0 aromatic heterocycles. The van der Waals surface area contributed by atoms with Crippen LogP contribution in [0.2, 0.25) is 0 Å². The van der Waals surface area contributed by atoms with Gasteiger partial charge in [-0.15, -0.1) is 0 Å². The maximum Gasteiger partial charge on any atom is 0.0882 e. The number of nitriles is 1. The molecule has 0 radical (unpaired) electrons. The number of methoxy groups -OCH3 is 1. The van der Waals surface area contributed by atoms with Crippen LogP contribution >= 0.6 is 0 Å². The van der Waals surface area contributed by atoms with Crippen molar-refractivity contribution >= 4 is 0 Å². The van der Waals surface area contributed by atoms with E-state index < -0.39 is 11.0 Å². The molecular formula is C11H17NO2. The van der Waals surface area contributed by atoms with Gasteiger partial charge in [-0.3, -0.25) is 0 Å². The number of rotatable bonds is 2. The molecule has 2 aliphatic rings. The molecule has 14 heavy (non-hydrogen) atoms. The molecule has 0 aromatic carbocycles. The topological polar surface area (TPSA) is 53.2 Å². The van der Waals surface area contributed by atoms with Gasteiger partial charge in [0.15, 0.2) is 0 Å². The highest BCUT2D eigenvalue weighted by Gasteiger charge is 2.59. The summed E-state index contributed by atoms with van der Waals surface area (Å²) >= 11 is 0. The van der Waals surface area contributed by atoms with E-state index in [-0.39, 0.29) is 6.10 Å². The Bertz CT molecular complexity index is 257. The third-order valence-electron chi connectivity index (χ3n) is 4.03. The van der Waals surface area contributed by atoms with Crippen molar-refractivity contribution in [3.63, 3.8) is 0 Å². The van der Waals surface area contributed by atoms with E-state index in [1.807, 2.05) is 0 Å². The summed E-state index contributed by atoms with van der Waals surface area (Å²) in [6.45, 7) is 0. The number of nitrogens with zero attached hydrogens (tertiary/aromatic N) is 1. The first kappa shape index (κ1) is 9.95. The summed E-state index contributed by atoms with van der Waals surface area (Å²) in [4.78, 5) is 0. The van der Waals surface area contributed by atoms with Gasteiger partial charge in [0.2, 0.25) is 0 Å². The van der Waals surface area contributed by atoms with Gasteiger partial charge < -0.3 is 9.84 Å². The van der Waals surface area contributed by atoms with Crippen molar-refractivity contribution in [1.29, 1.82) is 5.26 Å². The van der Waals surface area contributed by atoms with Gasteiger partial charge in [-0.1, -0.05) is 12.8 Å². The van der Waals surface area contributed by atoms with Crippen molar-refractivity contribution in [3.05, 3.63) is 0 Å². The van der Waals surface area contributed by atoms with Crippen LogP contribution in [-0.2, 0) is 4.74 Å². The average molecular weight is 195 g/mol. The fraction of sp³-hybridized carbons (Fsp3) is 0.909. The predicted octanol–water partition coefficient (Wildman–Crippen LogP) is 1.61. The Morgan fingerprint density at radius 2 is 1.93 bits per heavy atom. The zero-order chi connectivity index (χ0) is 10.2. The Kier molecular flexibility index (Phi) is 2.29. The van der Waals surface area contributed by atoms with E-state index in [4.69, 9.17) is 4.74 Å². The van der Waals surface area contributed by atoms with Crippen molar-refractivity contribution in [2.24, 2.45) is 5.41 Å². The SMILES string of the molecule is COC1CC(O)(C2(C#N)CCCC2)C1. The Hall–Kier alpha value is -0.590. The number of hydrogen-bond donors (Lipinski definition) is 1. The monoisotopic (exact) mass is 195 g/mol. The Morgan fingerprint density at radius 3 is 2.36 bits per heavy atom. The van der Waals surface area contributed by atoms with Gasteiger partial charge in [-0.25, -0.2) is 0 Å². The summed E-state index contributed by atoms with van der Waals surface area (Å²) in [7, 11) is 1.66. The molecule has 0 spiro atoms. The molecule has 78 valence electrons. The molecule has 0 bridgehead atoms. The second-order valence-electron chi connectivity index (χ2n) is 4.70. The van der Waals surface area contributed by atoms with E-state index in [0.29, 0.717) is 12.8 Å². The Balaban J connectivity index is 2.11. The molecule has 0 unspecified atom stereocenters. The van der Waals surface area contributed by atoms with Crippen molar-refractivity contribution in [1.82, 2.24) is 0 Å². The molecule has 2 saturated carbocycles. The van der Waals surface area contributed by atoms with Gasteiger partial charge in [0.1, 0.15) is 0 Å². The molecule has 1 N–H and O–H groups in total. The molecular weight excluding hydrogens is 178 g/mol. The second kappa shape index (κ2) is 3.22. The lowest BCUT2D eigenvalue weighted by atomic mass is 9.60. The molecule has 3 nitrogen and oxygen atoms in total. The summed E-state index contributed by atoms with van der Waals surface area (Å²) in [5.74, 6) is 0. The van der Waals surface area contributed by atoms with Crippen LogP contribution in [0.5, 0.6) is 0 Å². The van der Waals surface area contributed by atoms with Crippen LogP contribution in [0.1, 0.15) is 38.5 Å². The van der Waals surface area contributed by atoms with Crippen molar-refractivity contribution in [2.75, 3.05) is 7.11 Å². The molecule has 0 amide bonds. The molecule has 0 aliphatic heterocycles. The average Bonchev–Trinajstić information content (AvgIpc) is 2.62. The number of ether oxygens (including phenoxy) is 1. The lowest BCUT2D eigenvalue weighted by Gasteiger charge is -2.50. The first-order chi connectivity index (χ1) is 6.66. The summed E-state index contributed by atoms with van der Waals surface area (Å²) in [5.41, 5.74) is -1.24. The Labute approximate surface area is 84.7 Å². The van der Waals surface area contributed by atoms with Crippen LogP contribution in [0.25, 0.3) is 0 Å². The van der Waals surface area contributed by atoms with E-state index in [0.717, 1.165) is 25.7 Å². The van der Waals surface area contributed by atoms with Gasteiger partial charge in [0, 0.05) is 20.0 Å². The minimum absolute atomic E-state index is 0.158. The molecule has 0 aromatic rings. The zero-order valence-corrected chi connectivity index (χ0v) is 8.62.